The first-order chi connectivity index (χ1) is 20.6. The molecule has 5 aromatic rings. The van der Waals surface area contributed by atoms with Gasteiger partial charge in [-0.25, -0.2) is 14.4 Å². The van der Waals surface area contributed by atoms with Crippen molar-refractivity contribution >= 4 is 16.9 Å². The summed E-state index contributed by atoms with van der Waals surface area (Å²) in [5.41, 5.74) is 2.94. The number of methoxy groups -OCH3 is 1. The Morgan fingerprint density at radius 2 is 1.88 bits per heavy atom. The molecule has 4 heterocycles. The standard InChI is InChI=1S/C30H29FN6O5/c1-39-20-5-2-4-19(14-20)37-25-16-27-26(40-12-13-41-27)15-22(25)35-28(37)7-10-32-11-8-29-36-24(18-42-29)30(38)34-17-23-21(31)6-3-9-33-23/h2-6,9,14-16,18,32H,7-8,10-13,17H2,1H3,(H,34,38). The van der Waals surface area contributed by atoms with Gasteiger partial charge in [0.05, 0.1) is 36.1 Å². The van der Waals surface area contributed by atoms with Gasteiger partial charge in [-0.15, -0.1) is 0 Å². The molecule has 3 aromatic heterocycles. The van der Waals surface area contributed by atoms with E-state index in [1.807, 2.05) is 36.4 Å². The lowest BCUT2D eigenvalue weighted by Crippen LogP contribution is -2.24. The first kappa shape index (κ1) is 27.2. The normalized spacial score (nSPS) is 12.4. The lowest BCUT2D eigenvalue weighted by molar-refractivity contribution is 0.0945. The summed E-state index contributed by atoms with van der Waals surface area (Å²) >= 11 is 0. The van der Waals surface area contributed by atoms with Crippen LogP contribution in [-0.2, 0) is 19.4 Å². The van der Waals surface area contributed by atoms with Crippen molar-refractivity contribution < 1.29 is 27.8 Å². The Labute approximate surface area is 240 Å². The van der Waals surface area contributed by atoms with Crippen molar-refractivity contribution in [3.8, 4) is 22.9 Å². The quantitative estimate of drug-likeness (QED) is 0.228. The first-order valence-electron chi connectivity index (χ1n) is 13.6. The molecule has 0 saturated heterocycles. The molecular formula is C30H29FN6O5. The number of hydrogen-bond donors (Lipinski definition) is 2. The third-order valence-electron chi connectivity index (χ3n) is 6.78. The van der Waals surface area contributed by atoms with Gasteiger partial charge in [0, 0.05) is 50.3 Å². The summed E-state index contributed by atoms with van der Waals surface area (Å²) in [6.07, 6.45) is 3.89. The molecule has 1 amide bonds. The fourth-order valence-corrected chi connectivity index (χ4v) is 4.72. The molecule has 0 saturated carbocycles. The van der Waals surface area contributed by atoms with Gasteiger partial charge in [-0.1, -0.05) is 6.07 Å². The number of nitrogens with zero attached hydrogens (tertiary/aromatic N) is 4. The Balaban J connectivity index is 1.08. The van der Waals surface area contributed by atoms with E-state index < -0.39 is 11.7 Å². The van der Waals surface area contributed by atoms with Gasteiger partial charge in [-0.3, -0.25) is 14.3 Å². The van der Waals surface area contributed by atoms with Crippen molar-refractivity contribution in [2.45, 2.75) is 19.4 Å². The summed E-state index contributed by atoms with van der Waals surface area (Å²) in [5, 5.41) is 6.00. The monoisotopic (exact) mass is 572 g/mol. The molecule has 11 nitrogen and oxygen atoms in total. The Hall–Kier alpha value is -4.97. The van der Waals surface area contributed by atoms with Crippen LogP contribution in [0.4, 0.5) is 4.39 Å². The number of benzene rings is 2. The minimum atomic E-state index is -0.481. The molecule has 0 bridgehead atoms. The molecule has 2 aromatic carbocycles. The van der Waals surface area contributed by atoms with Gasteiger partial charge in [-0.2, -0.15) is 0 Å². The van der Waals surface area contributed by atoms with Crippen molar-refractivity contribution in [1.82, 2.24) is 30.2 Å². The summed E-state index contributed by atoms with van der Waals surface area (Å²) in [4.78, 5) is 25.5. The average molecular weight is 573 g/mol. The fraction of sp³-hybridized carbons (Fsp3) is 0.267. The van der Waals surface area contributed by atoms with Crippen LogP contribution in [-0.4, -0.2) is 58.8 Å². The highest BCUT2D eigenvalue weighted by atomic mass is 19.1. The summed E-state index contributed by atoms with van der Waals surface area (Å²) in [6.45, 7) is 2.19. The lowest BCUT2D eigenvalue weighted by atomic mass is 10.2. The summed E-state index contributed by atoms with van der Waals surface area (Å²) in [6, 6.07) is 14.5. The van der Waals surface area contributed by atoms with E-state index in [4.69, 9.17) is 23.6 Å². The number of ether oxygens (including phenoxy) is 3. The largest absolute Gasteiger partial charge is 0.497 e. The highest BCUT2D eigenvalue weighted by Gasteiger charge is 2.19. The zero-order valence-electron chi connectivity index (χ0n) is 22.9. The number of carbonyl (C=O) groups excluding carboxylic acids is 1. The highest BCUT2D eigenvalue weighted by molar-refractivity contribution is 5.91. The van der Waals surface area contributed by atoms with Crippen LogP contribution in [0.1, 0.15) is 27.9 Å². The predicted molar refractivity (Wildman–Crippen MR) is 151 cm³/mol. The van der Waals surface area contributed by atoms with Gasteiger partial charge in [0.1, 0.15) is 36.9 Å². The zero-order valence-corrected chi connectivity index (χ0v) is 22.9. The van der Waals surface area contributed by atoms with Gasteiger partial charge in [0.25, 0.3) is 5.91 Å². The number of amides is 1. The van der Waals surface area contributed by atoms with Crippen molar-refractivity contribution in [3.63, 3.8) is 0 Å². The molecular weight excluding hydrogens is 543 g/mol. The Kier molecular flexibility index (Phi) is 7.95. The molecule has 6 rings (SSSR count). The third kappa shape index (κ3) is 5.88. The van der Waals surface area contributed by atoms with E-state index in [1.54, 1.807) is 7.11 Å². The molecule has 0 fully saturated rings. The second-order valence-electron chi connectivity index (χ2n) is 9.54. The van der Waals surface area contributed by atoms with Crippen LogP contribution >= 0.6 is 0 Å². The zero-order chi connectivity index (χ0) is 28.9. The molecule has 0 atom stereocenters. The van der Waals surface area contributed by atoms with E-state index in [0.717, 1.165) is 28.3 Å². The van der Waals surface area contributed by atoms with E-state index >= 15 is 0 Å². The number of halogens is 1. The predicted octanol–water partition coefficient (Wildman–Crippen LogP) is 3.63. The van der Waals surface area contributed by atoms with E-state index in [9.17, 15) is 9.18 Å². The molecule has 216 valence electrons. The summed E-state index contributed by atoms with van der Waals surface area (Å²) < 4.78 is 38.4. The maximum absolute atomic E-state index is 13.7. The fourth-order valence-electron chi connectivity index (χ4n) is 4.72. The summed E-state index contributed by atoms with van der Waals surface area (Å²) in [7, 11) is 1.64. The maximum Gasteiger partial charge on any atom is 0.273 e. The highest BCUT2D eigenvalue weighted by Crippen LogP contribution is 2.36. The van der Waals surface area contributed by atoms with Gasteiger partial charge in [0.15, 0.2) is 23.1 Å². The van der Waals surface area contributed by atoms with Crippen molar-refractivity contribution in [2.24, 2.45) is 0 Å². The van der Waals surface area contributed by atoms with Gasteiger partial charge in [0.2, 0.25) is 0 Å². The van der Waals surface area contributed by atoms with Crippen LogP contribution < -0.4 is 24.8 Å². The third-order valence-corrected chi connectivity index (χ3v) is 6.78. The van der Waals surface area contributed by atoms with E-state index in [2.05, 4.69) is 25.2 Å². The molecule has 42 heavy (non-hydrogen) atoms. The summed E-state index contributed by atoms with van der Waals surface area (Å²) in [5.74, 6) is 2.49. The molecule has 1 aliphatic rings. The van der Waals surface area contributed by atoms with Crippen LogP contribution in [0.5, 0.6) is 17.2 Å². The molecule has 1 aliphatic heterocycles. The number of hydrogen-bond acceptors (Lipinski definition) is 9. The van der Waals surface area contributed by atoms with E-state index in [-0.39, 0.29) is 17.9 Å². The Morgan fingerprint density at radius 3 is 2.71 bits per heavy atom. The van der Waals surface area contributed by atoms with Gasteiger partial charge >= 0.3 is 0 Å². The molecule has 0 unspecified atom stereocenters. The second-order valence-corrected chi connectivity index (χ2v) is 9.54. The van der Waals surface area contributed by atoms with Crippen LogP contribution in [0, 0.1) is 5.82 Å². The van der Waals surface area contributed by atoms with Crippen LogP contribution in [0.15, 0.2) is 65.4 Å². The number of aromatic nitrogens is 4. The van der Waals surface area contributed by atoms with Crippen molar-refractivity contribution in [2.75, 3.05) is 33.4 Å². The van der Waals surface area contributed by atoms with Crippen LogP contribution in [0.3, 0.4) is 0 Å². The minimum Gasteiger partial charge on any atom is -0.497 e. The molecule has 0 aliphatic carbocycles. The van der Waals surface area contributed by atoms with Gasteiger partial charge in [-0.05, 0) is 24.3 Å². The number of pyridine rings is 1. The minimum absolute atomic E-state index is 0.0432. The number of fused-ring (bicyclic) bond motifs is 2. The van der Waals surface area contributed by atoms with Crippen LogP contribution in [0.25, 0.3) is 16.7 Å². The molecule has 0 radical (unpaired) electrons. The maximum atomic E-state index is 13.7. The molecule has 0 spiro atoms. The number of rotatable bonds is 11. The Morgan fingerprint density at radius 1 is 1.05 bits per heavy atom. The second kappa shape index (κ2) is 12.3. The van der Waals surface area contributed by atoms with E-state index in [0.29, 0.717) is 56.5 Å². The topological polar surface area (TPSA) is 126 Å². The number of oxazole rings is 1. The van der Waals surface area contributed by atoms with Crippen LogP contribution in [0.2, 0.25) is 0 Å². The molecule has 2 N–H and O–H groups in total. The van der Waals surface area contributed by atoms with E-state index in [1.165, 1.54) is 24.6 Å². The number of imidazole rings is 1. The Bertz CT molecular complexity index is 1720. The average Bonchev–Trinajstić information content (AvgIpc) is 3.63. The first-order valence-corrected chi connectivity index (χ1v) is 13.6. The molecule has 12 heteroatoms. The smallest absolute Gasteiger partial charge is 0.273 e. The lowest BCUT2D eigenvalue weighted by Gasteiger charge is -2.18. The van der Waals surface area contributed by atoms with Crippen molar-refractivity contribution in [1.29, 1.82) is 0 Å². The SMILES string of the molecule is COc1cccc(-n2c(CCNCCc3nc(C(=O)NCc4ncccc4F)co3)nc3cc4c(cc32)OCCO4)c1. The van der Waals surface area contributed by atoms with Crippen molar-refractivity contribution in [3.05, 3.63) is 89.9 Å². The van der Waals surface area contributed by atoms with Gasteiger partial charge < -0.3 is 29.3 Å². The number of nitrogens with one attached hydrogen (secondary N) is 2. The number of carbonyl (C=O) groups is 1.